The van der Waals surface area contributed by atoms with E-state index in [-0.39, 0.29) is 0 Å². The highest BCUT2D eigenvalue weighted by Gasteiger charge is 1.90. The van der Waals surface area contributed by atoms with E-state index in [0.717, 1.165) is 6.08 Å². The zero-order valence-electron chi connectivity index (χ0n) is 4.52. The molecule has 3 heteroatoms. The molecule has 0 bridgehead atoms. The van der Waals surface area contributed by atoms with Gasteiger partial charge < -0.3 is 5.11 Å². The molecule has 0 heterocycles. The Morgan fingerprint density at radius 3 is 2.50 bits per heavy atom. The van der Waals surface area contributed by atoms with Crippen molar-refractivity contribution in [3.8, 4) is 0 Å². The maximum Gasteiger partial charge on any atom is 0.329 e. The second kappa shape index (κ2) is 3.50. The standard InChI is InChI=1S/C5H7ClO2/c1-2-4(6)3-5(7)8/h3H,2H2,1H3,(H,7,8). The van der Waals surface area contributed by atoms with Gasteiger partial charge in [0, 0.05) is 11.1 Å². The van der Waals surface area contributed by atoms with Crippen molar-refractivity contribution in [3.05, 3.63) is 11.1 Å². The SMILES string of the molecule is CCC(Cl)=CC(=O)O. The predicted octanol–water partition coefficient (Wildman–Crippen LogP) is 1.60. The molecule has 2 nitrogen and oxygen atoms in total. The van der Waals surface area contributed by atoms with E-state index in [1.807, 2.05) is 0 Å². The van der Waals surface area contributed by atoms with Gasteiger partial charge in [0.1, 0.15) is 0 Å². The molecule has 0 aromatic carbocycles. The van der Waals surface area contributed by atoms with Crippen LogP contribution in [0.1, 0.15) is 13.3 Å². The molecule has 0 aliphatic rings. The first-order valence-electron chi connectivity index (χ1n) is 2.25. The molecule has 0 saturated carbocycles. The van der Waals surface area contributed by atoms with Crippen molar-refractivity contribution >= 4 is 17.6 Å². The fourth-order valence-electron chi connectivity index (χ4n) is 0.236. The highest BCUT2D eigenvalue weighted by molar-refractivity contribution is 6.30. The lowest BCUT2D eigenvalue weighted by Crippen LogP contribution is -1.87. The maximum atomic E-state index is 9.81. The number of aliphatic carboxylic acids is 1. The molecule has 46 valence electrons. The topological polar surface area (TPSA) is 37.3 Å². The first-order valence-corrected chi connectivity index (χ1v) is 2.63. The van der Waals surface area contributed by atoms with Crippen molar-refractivity contribution in [2.75, 3.05) is 0 Å². The zero-order chi connectivity index (χ0) is 6.57. The molecule has 8 heavy (non-hydrogen) atoms. The van der Waals surface area contributed by atoms with E-state index in [1.165, 1.54) is 0 Å². The Hall–Kier alpha value is -0.500. The summed E-state index contributed by atoms with van der Waals surface area (Å²) in [5.74, 6) is -0.989. The van der Waals surface area contributed by atoms with Crippen LogP contribution in [0, 0.1) is 0 Å². The summed E-state index contributed by atoms with van der Waals surface area (Å²) in [5.41, 5.74) is 0. The highest BCUT2D eigenvalue weighted by atomic mass is 35.5. The van der Waals surface area contributed by atoms with Crippen LogP contribution in [0.2, 0.25) is 0 Å². The van der Waals surface area contributed by atoms with Crippen LogP contribution in [0.5, 0.6) is 0 Å². The minimum atomic E-state index is -0.989. The molecular weight excluding hydrogens is 128 g/mol. The molecule has 0 aliphatic carbocycles. The number of hydrogen-bond acceptors (Lipinski definition) is 1. The summed E-state index contributed by atoms with van der Waals surface area (Å²) in [5, 5.41) is 8.43. The summed E-state index contributed by atoms with van der Waals surface area (Å²) in [6.07, 6.45) is 1.56. The van der Waals surface area contributed by atoms with E-state index in [9.17, 15) is 4.79 Å². The summed E-state index contributed by atoms with van der Waals surface area (Å²) in [6, 6.07) is 0. The summed E-state index contributed by atoms with van der Waals surface area (Å²) in [4.78, 5) is 9.81. The summed E-state index contributed by atoms with van der Waals surface area (Å²) in [7, 11) is 0. The molecule has 0 unspecified atom stereocenters. The van der Waals surface area contributed by atoms with Crippen LogP contribution in [-0.4, -0.2) is 11.1 Å². The minimum absolute atomic E-state index is 0.373. The van der Waals surface area contributed by atoms with Crippen molar-refractivity contribution in [3.63, 3.8) is 0 Å². The largest absolute Gasteiger partial charge is 0.478 e. The van der Waals surface area contributed by atoms with Gasteiger partial charge in [-0.25, -0.2) is 4.79 Å². The van der Waals surface area contributed by atoms with Crippen LogP contribution in [0.4, 0.5) is 0 Å². The first-order chi connectivity index (χ1) is 3.66. The molecule has 1 N–H and O–H groups in total. The van der Waals surface area contributed by atoms with Crippen molar-refractivity contribution in [1.82, 2.24) is 0 Å². The van der Waals surface area contributed by atoms with E-state index in [1.54, 1.807) is 6.92 Å². The van der Waals surface area contributed by atoms with Crippen LogP contribution in [-0.2, 0) is 4.79 Å². The lowest BCUT2D eigenvalue weighted by atomic mass is 10.4. The van der Waals surface area contributed by atoms with Gasteiger partial charge in [0.25, 0.3) is 0 Å². The van der Waals surface area contributed by atoms with Gasteiger partial charge in [-0.2, -0.15) is 0 Å². The van der Waals surface area contributed by atoms with E-state index in [4.69, 9.17) is 16.7 Å². The summed E-state index contributed by atoms with van der Waals surface area (Å²) >= 11 is 5.34. The number of halogens is 1. The molecule has 0 aromatic heterocycles. The number of allylic oxidation sites excluding steroid dienone is 1. The van der Waals surface area contributed by atoms with Crippen molar-refractivity contribution in [2.24, 2.45) is 0 Å². The third-order valence-corrected chi connectivity index (χ3v) is 0.994. The van der Waals surface area contributed by atoms with Gasteiger partial charge in [-0.15, -0.1) is 0 Å². The van der Waals surface area contributed by atoms with Gasteiger partial charge in [0.2, 0.25) is 0 Å². The average Bonchev–Trinajstić information content (AvgIpc) is 1.65. The van der Waals surface area contributed by atoms with Crippen molar-refractivity contribution in [1.29, 1.82) is 0 Å². The number of carboxylic acid groups (broad SMARTS) is 1. The number of carbonyl (C=O) groups is 1. The Kier molecular flexibility index (Phi) is 3.28. The van der Waals surface area contributed by atoms with E-state index < -0.39 is 5.97 Å². The molecule has 0 aliphatic heterocycles. The lowest BCUT2D eigenvalue weighted by molar-refractivity contribution is -0.131. The lowest BCUT2D eigenvalue weighted by Gasteiger charge is -1.84. The number of carboxylic acids is 1. The molecule has 0 spiro atoms. The van der Waals surface area contributed by atoms with Crippen LogP contribution < -0.4 is 0 Å². The van der Waals surface area contributed by atoms with Gasteiger partial charge >= 0.3 is 5.97 Å². The Bertz CT molecular complexity index is 118. The van der Waals surface area contributed by atoms with Crippen LogP contribution >= 0.6 is 11.6 Å². The molecule has 0 atom stereocenters. The quantitative estimate of drug-likeness (QED) is 0.583. The van der Waals surface area contributed by atoms with E-state index in [0.29, 0.717) is 11.5 Å². The maximum absolute atomic E-state index is 9.81. The van der Waals surface area contributed by atoms with E-state index in [2.05, 4.69) is 0 Å². The molecular formula is C5H7ClO2. The fourth-order valence-corrected chi connectivity index (χ4v) is 0.329. The van der Waals surface area contributed by atoms with Gasteiger partial charge in [-0.3, -0.25) is 0 Å². The molecule has 0 aromatic rings. The Morgan fingerprint density at radius 1 is 1.88 bits per heavy atom. The molecule has 0 rings (SSSR count). The second-order valence-corrected chi connectivity index (χ2v) is 1.77. The van der Waals surface area contributed by atoms with Crippen LogP contribution in [0.3, 0.4) is 0 Å². The normalized spacial score (nSPS) is 11.5. The minimum Gasteiger partial charge on any atom is -0.478 e. The highest BCUT2D eigenvalue weighted by Crippen LogP contribution is 2.03. The van der Waals surface area contributed by atoms with Crippen LogP contribution in [0.25, 0.3) is 0 Å². The second-order valence-electron chi connectivity index (χ2n) is 1.28. The van der Waals surface area contributed by atoms with Crippen LogP contribution in [0.15, 0.2) is 11.1 Å². The third-order valence-electron chi connectivity index (χ3n) is 0.618. The van der Waals surface area contributed by atoms with Crippen molar-refractivity contribution in [2.45, 2.75) is 13.3 Å². The Labute approximate surface area is 52.8 Å². The monoisotopic (exact) mass is 134 g/mol. The Morgan fingerprint density at radius 2 is 2.38 bits per heavy atom. The van der Waals surface area contributed by atoms with Gasteiger partial charge in [0.15, 0.2) is 0 Å². The first kappa shape index (κ1) is 7.50. The van der Waals surface area contributed by atoms with E-state index >= 15 is 0 Å². The van der Waals surface area contributed by atoms with Gasteiger partial charge in [-0.05, 0) is 6.42 Å². The van der Waals surface area contributed by atoms with Crippen molar-refractivity contribution < 1.29 is 9.90 Å². The fraction of sp³-hybridized carbons (Fsp3) is 0.400. The predicted molar refractivity (Wildman–Crippen MR) is 31.9 cm³/mol. The average molecular weight is 135 g/mol. The summed E-state index contributed by atoms with van der Waals surface area (Å²) < 4.78 is 0. The molecule has 0 radical (unpaired) electrons. The molecule has 0 saturated heterocycles. The molecule has 0 amide bonds. The summed E-state index contributed by atoms with van der Waals surface area (Å²) in [6.45, 7) is 1.79. The third kappa shape index (κ3) is 3.68. The smallest absolute Gasteiger partial charge is 0.329 e. The van der Waals surface area contributed by atoms with Gasteiger partial charge in [0.05, 0.1) is 0 Å². The van der Waals surface area contributed by atoms with Gasteiger partial charge in [-0.1, -0.05) is 18.5 Å². The molecule has 0 fully saturated rings. The zero-order valence-corrected chi connectivity index (χ0v) is 5.27. The number of rotatable bonds is 2. The Balaban J connectivity index is 3.75. The number of hydrogen-bond donors (Lipinski definition) is 1.